The molecule has 0 fully saturated rings. The second kappa shape index (κ2) is 13.1. The lowest BCUT2D eigenvalue weighted by Crippen LogP contribution is -2.18. The van der Waals surface area contributed by atoms with Crippen LogP contribution in [0, 0.1) is 5.82 Å². The summed E-state index contributed by atoms with van der Waals surface area (Å²) in [6.45, 7) is 5.83. The number of benzene rings is 1. The number of pyridine rings is 1. The third-order valence-electron chi connectivity index (χ3n) is 4.87. The molecule has 2 aromatic rings. The maximum atomic E-state index is 14.0. The van der Waals surface area contributed by atoms with Crippen molar-refractivity contribution >= 4 is 20.0 Å². The third-order valence-corrected chi connectivity index (χ3v) is 6.34. The maximum absolute atomic E-state index is 14.0. The Balaban J connectivity index is 1.61. The standard InChI is InChI=1S/C22H30FN2O3PS/c1-22(2,20-8-3-4-9-21(20)23)12-5-6-15-30-19-11-10-18(25-17-19)16-24-13-7-14-28-29(26)27/h3-4,8-11,17,24H,5-7,12-16H2,1-2H3/p+1. The Kier molecular flexibility index (Phi) is 10.9. The van der Waals surface area contributed by atoms with Crippen molar-refractivity contribution in [2.45, 2.75) is 56.4 Å². The predicted octanol–water partition coefficient (Wildman–Crippen LogP) is 5.61. The predicted molar refractivity (Wildman–Crippen MR) is 120 cm³/mol. The van der Waals surface area contributed by atoms with Crippen LogP contribution in [0.15, 0.2) is 47.5 Å². The number of rotatable bonds is 14. The van der Waals surface area contributed by atoms with E-state index >= 15 is 0 Å². The molecule has 1 heterocycles. The lowest BCUT2D eigenvalue weighted by molar-refractivity contribution is 0.276. The molecule has 0 bridgehead atoms. The van der Waals surface area contributed by atoms with Gasteiger partial charge in [0.15, 0.2) is 0 Å². The van der Waals surface area contributed by atoms with Crippen molar-refractivity contribution < 1.29 is 18.4 Å². The van der Waals surface area contributed by atoms with E-state index in [4.69, 9.17) is 4.89 Å². The molecule has 8 heteroatoms. The van der Waals surface area contributed by atoms with E-state index in [0.29, 0.717) is 19.5 Å². The SMILES string of the molecule is CC(C)(CCCCSc1ccc(CNCCCO[P+](=O)O)nc1)c1ccccc1F. The highest BCUT2D eigenvalue weighted by Gasteiger charge is 2.23. The number of thioether (sulfide) groups is 1. The minimum atomic E-state index is -2.50. The molecular formula is C22H31FN2O3PS+. The molecule has 5 nitrogen and oxygen atoms in total. The smallest absolute Gasteiger partial charge is 0.311 e. The fourth-order valence-corrected chi connectivity index (χ4v) is 4.32. The first-order valence-electron chi connectivity index (χ1n) is 10.2. The van der Waals surface area contributed by atoms with Gasteiger partial charge in [-0.1, -0.05) is 38.5 Å². The summed E-state index contributed by atoms with van der Waals surface area (Å²) in [7, 11) is -2.50. The minimum Gasteiger partial charge on any atom is -0.311 e. The molecule has 164 valence electrons. The van der Waals surface area contributed by atoms with E-state index in [1.165, 1.54) is 6.07 Å². The fourth-order valence-electron chi connectivity index (χ4n) is 3.16. The topological polar surface area (TPSA) is 71.5 Å². The van der Waals surface area contributed by atoms with Crippen LogP contribution in [0.2, 0.25) is 0 Å². The number of aromatic nitrogens is 1. The van der Waals surface area contributed by atoms with Gasteiger partial charge in [-0.3, -0.25) is 4.98 Å². The second-order valence-corrected chi connectivity index (χ2v) is 9.66. The zero-order valence-electron chi connectivity index (χ0n) is 17.6. The molecule has 0 spiro atoms. The van der Waals surface area contributed by atoms with Crippen LogP contribution in [0.1, 0.15) is 50.8 Å². The summed E-state index contributed by atoms with van der Waals surface area (Å²) in [4.78, 5) is 14.2. The Morgan fingerprint density at radius 2 is 2.00 bits per heavy atom. The third kappa shape index (κ3) is 9.19. The van der Waals surface area contributed by atoms with E-state index in [1.807, 2.05) is 24.4 Å². The van der Waals surface area contributed by atoms with Crippen molar-refractivity contribution in [3.8, 4) is 0 Å². The Morgan fingerprint density at radius 1 is 1.20 bits per heavy atom. The molecule has 0 aliphatic carbocycles. The number of nitrogens with one attached hydrogen (secondary N) is 1. The molecule has 2 rings (SSSR count). The average molecular weight is 454 g/mol. The van der Waals surface area contributed by atoms with E-state index in [-0.39, 0.29) is 17.8 Å². The van der Waals surface area contributed by atoms with Gasteiger partial charge in [-0.05, 0) is 60.7 Å². The van der Waals surface area contributed by atoms with Crippen molar-refractivity contribution in [1.82, 2.24) is 10.3 Å². The van der Waals surface area contributed by atoms with Gasteiger partial charge in [0.25, 0.3) is 0 Å². The maximum Gasteiger partial charge on any atom is 0.694 e. The van der Waals surface area contributed by atoms with Gasteiger partial charge in [0.2, 0.25) is 0 Å². The molecule has 0 saturated carbocycles. The van der Waals surface area contributed by atoms with Gasteiger partial charge in [0.1, 0.15) is 12.4 Å². The van der Waals surface area contributed by atoms with Crippen LogP contribution >= 0.6 is 20.0 Å². The van der Waals surface area contributed by atoms with E-state index in [9.17, 15) is 8.96 Å². The number of halogens is 1. The molecule has 0 saturated heterocycles. The molecule has 0 aliphatic rings. The van der Waals surface area contributed by atoms with Crippen molar-refractivity contribution in [3.63, 3.8) is 0 Å². The Bertz CT molecular complexity index is 790. The van der Waals surface area contributed by atoms with E-state index in [2.05, 4.69) is 34.7 Å². The van der Waals surface area contributed by atoms with Gasteiger partial charge in [0, 0.05) is 22.2 Å². The zero-order valence-corrected chi connectivity index (χ0v) is 19.4. The van der Waals surface area contributed by atoms with Gasteiger partial charge in [-0.25, -0.2) is 4.39 Å². The van der Waals surface area contributed by atoms with Crippen molar-refractivity contribution in [1.29, 1.82) is 0 Å². The van der Waals surface area contributed by atoms with E-state index in [0.717, 1.165) is 41.2 Å². The minimum absolute atomic E-state index is 0.118. The van der Waals surface area contributed by atoms with Gasteiger partial charge in [0.05, 0.1) is 5.69 Å². The normalized spacial score (nSPS) is 12.2. The Morgan fingerprint density at radius 3 is 2.70 bits per heavy atom. The molecule has 0 amide bonds. The highest BCUT2D eigenvalue weighted by Crippen LogP contribution is 2.31. The van der Waals surface area contributed by atoms with Crippen LogP contribution in [0.4, 0.5) is 4.39 Å². The number of nitrogens with zero attached hydrogens (tertiary/aromatic N) is 1. The highest BCUT2D eigenvalue weighted by molar-refractivity contribution is 7.99. The van der Waals surface area contributed by atoms with Crippen LogP contribution in [-0.4, -0.2) is 28.8 Å². The Labute approximate surface area is 183 Å². The number of unbranched alkanes of at least 4 members (excludes halogenated alkanes) is 1. The van der Waals surface area contributed by atoms with Gasteiger partial charge < -0.3 is 5.32 Å². The van der Waals surface area contributed by atoms with Crippen LogP contribution in [-0.2, 0) is 21.0 Å². The van der Waals surface area contributed by atoms with Crippen molar-refractivity contribution in [3.05, 3.63) is 59.7 Å². The molecule has 30 heavy (non-hydrogen) atoms. The summed E-state index contributed by atoms with van der Waals surface area (Å²) in [5, 5.41) is 3.23. The van der Waals surface area contributed by atoms with E-state index < -0.39 is 8.25 Å². The van der Waals surface area contributed by atoms with Crippen molar-refractivity contribution in [2.24, 2.45) is 0 Å². The van der Waals surface area contributed by atoms with Crippen LogP contribution in [0.3, 0.4) is 0 Å². The summed E-state index contributed by atoms with van der Waals surface area (Å²) in [6, 6.07) is 11.2. The first-order chi connectivity index (χ1) is 14.4. The summed E-state index contributed by atoms with van der Waals surface area (Å²) >= 11 is 1.79. The summed E-state index contributed by atoms with van der Waals surface area (Å²) in [6.07, 6.45) is 5.65. The lowest BCUT2D eigenvalue weighted by atomic mass is 9.80. The van der Waals surface area contributed by atoms with E-state index in [1.54, 1.807) is 17.8 Å². The molecule has 1 aromatic heterocycles. The molecule has 1 aromatic carbocycles. The molecule has 0 aliphatic heterocycles. The van der Waals surface area contributed by atoms with Gasteiger partial charge >= 0.3 is 8.25 Å². The quantitative estimate of drug-likeness (QED) is 0.220. The molecular weight excluding hydrogens is 422 g/mol. The largest absolute Gasteiger partial charge is 0.694 e. The number of hydrogen-bond acceptors (Lipinski definition) is 5. The van der Waals surface area contributed by atoms with Gasteiger partial charge in [-0.2, -0.15) is 0 Å². The Hall–Kier alpha value is -1.37. The molecule has 1 unspecified atom stereocenters. The monoisotopic (exact) mass is 453 g/mol. The first-order valence-corrected chi connectivity index (χ1v) is 12.3. The number of hydrogen-bond donors (Lipinski definition) is 2. The fraction of sp³-hybridized carbons (Fsp3) is 0.500. The summed E-state index contributed by atoms with van der Waals surface area (Å²) in [5.41, 5.74) is 1.59. The van der Waals surface area contributed by atoms with Crippen LogP contribution in [0.25, 0.3) is 0 Å². The summed E-state index contributed by atoms with van der Waals surface area (Å²) in [5.74, 6) is 0.896. The van der Waals surface area contributed by atoms with Crippen LogP contribution in [0.5, 0.6) is 0 Å². The molecule has 2 N–H and O–H groups in total. The second-order valence-electron chi connectivity index (χ2n) is 7.76. The molecule has 0 radical (unpaired) electrons. The first kappa shape index (κ1) is 24.9. The average Bonchev–Trinajstić information content (AvgIpc) is 2.71. The van der Waals surface area contributed by atoms with Gasteiger partial charge in [-0.15, -0.1) is 21.2 Å². The van der Waals surface area contributed by atoms with Crippen LogP contribution < -0.4 is 5.32 Å². The van der Waals surface area contributed by atoms with Crippen molar-refractivity contribution in [2.75, 3.05) is 18.9 Å². The highest BCUT2D eigenvalue weighted by atomic mass is 32.2. The lowest BCUT2D eigenvalue weighted by Gasteiger charge is -2.25. The molecule has 1 atom stereocenters. The zero-order chi connectivity index (χ0) is 21.8. The summed E-state index contributed by atoms with van der Waals surface area (Å²) < 4.78 is 29.0.